The van der Waals surface area contributed by atoms with Crippen molar-refractivity contribution in [1.29, 1.82) is 0 Å². The van der Waals surface area contributed by atoms with Crippen molar-refractivity contribution < 1.29 is 18.7 Å². The van der Waals surface area contributed by atoms with Gasteiger partial charge >= 0.3 is 0 Å². The number of alkyl halides is 1. The lowest BCUT2D eigenvalue weighted by atomic mass is 10.0. The Labute approximate surface area is 198 Å². The topological polar surface area (TPSA) is 89.5 Å². The van der Waals surface area contributed by atoms with Gasteiger partial charge in [0.2, 0.25) is 5.88 Å². The number of hydrogen-bond acceptors (Lipinski definition) is 7. The number of pyridine rings is 3. The van der Waals surface area contributed by atoms with Gasteiger partial charge in [0.15, 0.2) is 0 Å². The van der Waals surface area contributed by atoms with Gasteiger partial charge in [0.05, 0.1) is 37.9 Å². The molecule has 1 saturated heterocycles. The van der Waals surface area contributed by atoms with Crippen LogP contribution in [0.25, 0.3) is 11.1 Å². The summed E-state index contributed by atoms with van der Waals surface area (Å²) in [6.07, 6.45) is 4.76. The number of carbonyl (C=O) groups excluding carboxylic acids is 1. The third-order valence-corrected chi connectivity index (χ3v) is 5.66. The first-order valence-electron chi connectivity index (χ1n) is 11.1. The van der Waals surface area contributed by atoms with E-state index in [1.165, 1.54) is 26.1 Å². The molecule has 178 valence electrons. The maximum atomic E-state index is 14.3. The zero-order valence-corrected chi connectivity index (χ0v) is 19.8. The van der Waals surface area contributed by atoms with E-state index in [1.54, 1.807) is 25.6 Å². The van der Waals surface area contributed by atoms with E-state index < -0.39 is 5.67 Å². The minimum atomic E-state index is -1.64. The van der Waals surface area contributed by atoms with E-state index in [0.29, 0.717) is 30.3 Å². The fourth-order valence-electron chi connectivity index (χ4n) is 3.77. The Kier molecular flexibility index (Phi) is 6.74. The predicted octanol–water partition coefficient (Wildman–Crippen LogP) is 4.15. The van der Waals surface area contributed by atoms with Crippen molar-refractivity contribution in [2.45, 2.75) is 26.4 Å². The first-order chi connectivity index (χ1) is 16.3. The molecular formula is C25H28FN5O3. The van der Waals surface area contributed by atoms with Gasteiger partial charge in [0.1, 0.15) is 11.4 Å². The molecule has 3 aromatic heterocycles. The Morgan fingerprint density at radius 2 is 1.91 bits per heavy atom. The molecule has 1 aliphatic heterocycles. The lowest BCUT2D eigenvalue weighted by Gasteiger charge is -2.29. The summed E-state index contributed by atoms with van der Waals surface area (Å²) in [5.74, 6) is 0.177. The third kappa shape index (κ3) is 5.14. The van der Waals surface area contributed by atoms with Gasteiger partial charge in [-0.25, -0.2) is 9.37 Å². The highest BCUT2D eigenvalue weighted by Crippen LogP contribution is 2.33. The summed E-state index contributed by atoms with van der Waals surface area (Å²) in [7, 11) is 1.60. The number of methoxy groups -OCH3 is 1. The van der Waals surface area contributed by atoms with Gasteiger partial charge in [-0.05, 0) is 45.0 Å². The second kappa shape index (κ2) is 9.72. The molecule has 0 atom stereocenters. The molecule has 0 radical (unpaired) electrons. The van der Waals surface area contributed by atoms with Crippen LogP contribution in [0, 0.1) is 6.92 Å². The number of morpholine rings is 1. The van der Waals surface area contributed by atoms with E-state index in [4.69, 9.17) is 9.47 Å². The minimum absolute atomic E-state index is 0.197. The average molecular weight is 466 g/mol. The number of rotatable bonds is 6. The molecule has 1 N–H and O–H groups in total. The molecule has 0 saturated carbocycles. The predicted molar refractivity (Wildman–Crippen MR) is 128 cm³/mol. The first-order valence-corrected chi connectivity index (χ1v) is 11.1. The van der Waals surface area contributed by atoms with Crippen LogP contribution in [0.2, 0.25) is 0 Å². The lowest BCUT2D eigenvalue weighted by Crippen LogP contribution is -2.36. The summed E-state index contributed by atoms with van der Waals surface area (Å²) in [5, 5.41) is 2.85. The molecule has 34 heavy (non-hydrogen) atoms. The first kappa shape index (κ1) is 23.6. The van der Waals surface area contributed by atoms with Crippen LogP contribution >= 0.6 is 0 Å². The lowest BCUT2D eigenvalue weighted by molar-refractivity contribution is 0.102. The van der Waals surface area contributed by atoms with Gasteiger partial charge in [-0.15, -0.1) is 0 Å². The van der Waals surface area contributed by atoms with Crippen molar-refractivity contribution in [2.24, 2.45) is 0 Å². The summed E-state index contributed by atoms with van der Waals surface area (Å²) in [6, 6.07) is 6.88. The number of ether oxygens (including phenoxy) is 2. The molecule has 8 nitrogen and oxygen atoms in total. The smallest absolute Gasteiger partial charge is 0.255 e. The summed E-state index contributed by atoms with van der Waals surface area (Å²) in [6.45, 7) is 7.50. The molecule has 0 aliphatic carbocycles. The van der Waals surface area contributed by atoms with Crippen LogP contribution < -0.4 is 15.0 Å². The van der Waals surface area contributed by atoms with E-state index in [1.807, 2.05) is 19.1 Å². The van der Waals surface area contributed by atoms with Crippen molar-refractivity contribution in [3.8, 4) is 17.0 Å². The molecule has 1 amide bonds. The number of nitrogens with zero attached hydrogens (tertiary/aromatic N) is 4. The number of aromatic nitrogens is 3. The molecule has 1 fully saturated rings. The Bertz CT molecular complexity index is 1190. The maximum Gasteiger partial charge on any atom is 0.255 e. The Morgan fingerprint density at radius 3 is 2.62 bits per heavy atom. The second-order valence-corrected chi connectivity index (χ2v) is 8.57. The average Bonchev–Trinajstić information content (AvgIpc) is 2.85. The standard InChI is InChI=1S/C25H28FN5O3/c1-16-20(18-11-21(24(33-4)29-14-18)31-7-9-34-10-8-31)13-19(15-28-16)30-23(32)17-5-6-27-22(12-17)25(2,3)26/h5-6,11-15H,7-10H2,1-4H3,(H,30,32). The fraction of sp³-hybridized carbons (Fsp3) is 0.360. The molecule has 0 unspecified atom stereocenters. The molecule has 3 aromatic rings. The van der Waals surface area contributed by atoms with Gasteiger partial charge in [-0.3, -0.25) is 14.8 Å². The SMILES string of the molecule is COc1ncc(-c2cc(NC(=O)c3ccnc(C(C)(C)F)c3)cnc2C)cc1N1CCOCC1. The number of hydrogen-bond donors (Lipinski definition) is 1. The van der Waals surface area contributed by atoms with E-state index >= 15 is 0 Å². The van der Waals surface area contributed by atoms with E-state index in [9.17, 15) is 9.18 Å². The van der Waals surface area contributed by atoms with Crippen LogP contribution in [0.5, 0.6) is 5.88 Å². The van der Waals surface area contributed by atoms with Crippen molar-refractivity contribution in [1.82, 2.24) is 15.0 Å². The second-order valence-electron chi connectivity index (χ2n) is 8.57. The highest BCUT2D eigenvalue weighted by atomic mass is 19.1. The monoisotopic (exact) mass is 465 g/mol. The number of halogens is 1. The number of carbonyl (C=O) groups is 1. The summed E-state index contributed by atoms with van der Waals surface area (Å²) < 4.78 is 25.2. The summed E-state index contributed by atoms with van der Waals surface area (Å²) in [5.41, 5.74) is 2.76. The number of nitrogens with one attached hydrogen (secondary N) is 1. The van der Waals surface area contributed by atoms with Crippen LogP contribution in [-0.4, -0.2) is 54.3 Å². The van der Waals surface area contributed by atoms with Gasteiger partial charge in [0, 0.05) is 47.9 Å². The highest BCUT2D eigenvalue weighted by Gasteiger charge is 2.22. The third-order valence-electron chi connectivity index (χ3n) is 5.66. The molecule has 0 aromatic carbocycles. The van der Waals surface area contributed by atoms with Crippen molar-refractivity contribution in [3.63, 3.8) is 0 Å². The molecular weight excluding hydrogens is 437 g/mol. The maximum absolute atomic E-state index is 14.3. The zero-order valence-electron chi connectivity index (χ0n) is 19.8. The van der Waals surface area contributed by atoms with Gasteiger partial charge in [-0.2, -0.15) is 0 Å². The zero-order chi connectivity index (χ0) is 24.3. The van der Waals surface area contributed by atoms with E-state index in [2.05, 4.69) is 25.2 Å². The van der Waals surface area contributed by atoms with Crippen LogP contribution in [0.1, 0.15) is 35.6 Å². The van der Waals surface area contributed by atoms with Gasteiger partial charge in [-0.1, -0.05) is 0 Å². The summed E-state index contributed by atoms with van der Waals surface area (Å²) >= 11 is 0. The van der Waals surface area contributed by atoms with E-state index in [-0.39, 0.29) is 11.6 Å². The van der Waals surface area contributed by atoms with Gasteiger partial charge < -0.3 is 19.7 Å². The Hall–Kier alpha value is -3.59. The van der Waals surface area contributed by atoms with Crippen LogP contribution in [0.15, 0.2) is 42.9 Å². The molecule has 4 heterocycles. The summed E-state index contributed by atoms with van der Waals surface area (Å²) in [4.78, 5) is 28.0. The van der Waals surface area contributed by atoms with Crippen LogP contribution in [0.4, 0.5) is 15.8 Å². The quantitative estimate of drug-likeness (QED) is 0.585. The molecule has 0 bridgehead atoms. The molecule has 1 aliphatic rings. The van der Waals surface area contributed by atoms with Crippen molar-refractivity contribution in [2.75, 3.05) is 43.6 Å². The molecule has 4 rings (SSSR count). The van der Waals surface area contributed by atoms with Crippen molar-refractivity contribution >= 4 is 17.3 Å². The Morgan fingerprint density at radius 1 is 1.15 bits per heavy atom. The number of amides is 1. The minimum Gasteiger partial charge on any atom is -0.480 e. The largest absolute Gasteiger partial charge is 0.480 e. The Balaban J connectivity index is 1.62. The highest BCUT2D eigenvalue weighted by molar-refractivity contribution is 6.04. The fourth-order valence-corrected chi connectivity index (χ4v) is 3.77. The number of aryl methyl sites for hydroxylation is 1. The van der Waals surface area contributed by atoms with Gasteiger partial charge in [0.25, 0.3) is 5.91 Å². The van der Waals surface area contributed by atoms with E-state index in [0.717, 1.165) is 35.6 Å². The van der Waals surface area contributed by atoms with Crippen LogP contribution in [-0.2, 0) is 10.4 Å². The normalized spacial score (nSPS) is 14.1. The molecule has 0 spiro atoms. The van der Waals surface area contributed by atoms with Crippen molar-refractivity contribution in [3.05, 3.63) is 59.8 Å². The van der Waals surface area contributed by atoms with Crippen LogP contribution in [0.3, 0.4) is 0 Å². The molecule has 9 heteroatoms. The number of anilines is 2.